The number of hydrogen-bond donors (Lipinski definition) is 0. The first-order chi connectivity index (χ1) is 8.78. The minimum atomic E-state index is 0.542. The van der Waals surface area contributed by atoms with Crippen LogP contribution in [0, 0.1) is 0 Å². The van der Waals surface area contributed by atoms with Gasteiger partial charge in [0.2, 0.25) is 12.2 Å². The summed E-state index contributed by atoms with van der Waals surface area (Å²) in [6.07, 6.45) is 6.53. The molecule has 0 saturated heterocycles. The molecule has 1 aromatic carbocycles. The molecule has 0 heterocycles. The molecule has 0 aliphatic heterocycles. The molecule has 0 N–H and O–H groups in total. The number of rotatable bonds is 6. The van der Waals surface area contributed by atoms with Gasteiger partial charge in [0.05, 0.1) is 11.4 Å². The Morgan fingerprint density at radius 2 is 1.67 bits per heavy atom. The number of carbonyl (C=O) groups excluding carboxylic acids is 2. The summed E-state index contributed by atoms with van der Waals surface area (Å²) in [5, 5.41) is 0. The van der Waals surface area contributed by atoms with Crippen LogP contribution >= 0.6 is 0 Å². The molecule has 0 radical (unpaired) electrons. The Kier molecular flexibility index (Phi) is 5.72. The van der Waals surface area contributed by atoms with E-state index in [1.165, 1.54) is 6.08 Å². The Bertz CT molecular complexity index is 511. The summed E-state index contributed by atoms with van der Waals surface area (Å²) in [6.45, 7) is 4.08. The Hall–Kier alpha value is -2.02. The summed E-state index contributed by atoms with van der Waals surface area (Å²) in [4.78, 5) is 28.4. The maximum atomic E-state index is 10.6. The Labute approximate surface area is 106 Å². The lowest BCUT2D eigenvalue weighted by Crippen LogP contribution is -1.92. The van der Waals surface area contributed by atoms with Gasteiger partial charge in [-0.1, -0.05) is 32.8 Å². The van der Waals surface area contributed by atoms with Crippen molar-refractivity contribution in [1.29, 1.82) is 0 Å². The van der Waals surface area contributed by atoms with Crippen LogP contribution in [-0.2, 0) is 22.4 Å². The summed E-state index contributed by atoms with van der Waals surface area (Å²) in [6, 6.07) is 3.64. The minimum absolute atomic E-state index is 0.542. The zero-order chi connectivity index (χ0) is 13.4. The molecule has 0 bridgehead atoms. The van der Waals surface area contributed by atoms with Gasteiger partial charge in [0, 0.05) is 5.56 Å². The van der Waals surface area contributed by atoms with E-state index < -0.39 is 0 Å². The molecule has 4 heteroatoms. The van der Waals surface area contributed by atoms with E-state index in [1.54, 1.807) is 12.1 Å². The fraction of sp³-hybridized carbons (Fsp3) is 0.429. The number of aliphatic imine (C=N–C) groups is 2. The van der Waals surface area contributed by atoms with Crippen LogP contribution < -0.4 is 0 Å². The number of hydrogen-bond acceptors (Lipinski definition) is 4. The van der Waals surface area contributed by atoms with E-state index in [2.05, 4.69) is 16.9 Å². The third-order valence-electron chi connectivity index (χ3n) is 2.68. The van der Waals surface area contributed by atoms with Gasteiger partial charge in [-0.25, -0.2) is 9.59 Å². The SMILES string of the molecule is CCCc1ccc(N=C=O)c(CCC)c1N=C=O. The van der Waals surface area contributed by atoms with E-state index in [1.807, 2.05) is 13.0 Å². The monoisotopic (exact) mass is 244 g/mol. The van der Waals surface area contributed by atoms with Crippen LogP contribution in [0.3, 0.4) is 0 Å². The summed E-state index contributed by atoms with van der Waals surface area (Å²) in [5.41, 5.74) is 2.98. The zero-order valence-corrected chi connectivity index (χ0v) is 10.7. The lowest BCUT2D eigenvalue weighted by Gasteiger charge is -2.11. The van der Waals surface area contributed by atoms with Gasteiger partial charge in [0.15, 0.2) is 0 Å². The molecule has 0 unspecified atom stereocenters. The number of benzene rings is 1. The molecule has 1 rings (SSSR count). The summed E-state index contributed by atoms with van der Waals surface area (Å²) < 4.78 is 0. The molecule has 0 atom stereocenters. The highest BCUT2D eigenvalue weighted by Gasteiger charge is 2.12. The Balaban J connectivity index is 3.47. The van der Waals surface area contributed by atoms with Crippen LogP contribution in [0.5, 0.6) is 0 Å². The van der Waals surface area contributed by atoms with E-state index >= 15 is 0 Å². The van der Waals surface area contributed by atoms with Crippen molar-refractivity contribution in [3.63, 3.8) is 0 Å². The highest BCUT2D eigenvalue weighted by molar-refractivity contribution is 5.69. The molecule has 0 saturated carbocycles. The molecule has 0 aromatic heterocycles. The predicted molar refractivity (Wildman–Crippen MR) is 70.0 cm³/mol. The second-order valence-electron chi connectivity index (χ2n) is 3.98. The fourth-order valence-electron chi connectivity index (χ4n) is 1.98. The molecule has 0 fully saturated rings. The zero-order valence-electron chi connectivity index (χ0n) is 10.7. The fourth-order valence-corrected chi connectivity index (χ4v) is 1.98. The smallest absolute Gasteiger partial charge is 0.211 e. The van der Waals surface area contributed by atoms with Gasteiger partial charge in [-0.3, -0.25) is 0 Å². The normalized spacial score (nSPS) is 9.44. The molecular weight excluding hydrogens is 228 g/mol. The van der Waals surface area contributed by atoms with Crippen molar-refractivity contribution < 1.29 is 9.59 Å². The third kappa shape index (κ3) is 3.24. The van der Waals surface area contributed by atoms with Gasteiger partial charge < -0.3 is 0 Å². The van der Waals surface area contributed by atoms with Crippen molar-refractivity contribution in [2.45, 2.75) is 39.5 Å². The summed E-state index contributed by atoms with van der Waals surface area (Å²) in [7, 11) is 0. The largest absolute Gasteiger partial charge is 0.240 e. The Morgan fingerprint density at radius 1 is 1.00 bits per heavy atom. The number of isocyanates is 2. The van der Waals surface area contributed by atoms with Crippen LogP contribution in [0.25, 0.3) is 0 Å². The third-order valence-corrected chi connectivity index (χ3v) is 2.68. The van der Waals surface area contributed by atoms with Gasteiger partial charge in [-0.15, -0.1) is 0 Å². The molecule has 0 spiro atoms. The maximum absolute atomic E-state index is 10.6. The second kappa shape index (κ2) is 7.33. The first kappa shape index (κ1) is 14.0. The summed E-state index contributed by atoms with van der Waals surface area (Å²) in [5.74, 6) is 0. The quantitative estimate of drug-likeness (QED) is 0.567. The molecule has 94 valence electrons. The van der Waals surface area contributed by atoms with E-state index in [9.17, 15) is 9.59 Å². The van der Waals surface area contributed by atoms with Crippen LogP contribution in [0.15, 0.2) is 22.1 Å². The second-order valence-corrected chi connectivity index (χ2v) is 3.98. The van der Waals surface area contributed by atoms with Crippen molar-refractivity contribution in [2.24, 2.45) is 9.98 Å². The van der Waals surface area contributed by atoms with Crippen molar-refractivity contribution in [3.05, 3.63) is 23.3 Å². The molecule has 4 nitrogen and oxygen atoms in total. The van der Waals surface area contributed by atoms with Gasteiger partial charge >= 0.3 is 0 Å². The van der Waals surface area contributed by atoms with Crippen LogP contribution in [0.1, 0.15) is 37.8 Å². The van der Waals surface area contributed by atoms with Gasteiger partial charge in [-0.2, -0.15) is 9.98 Å². The van der Waals surface area contributed by atoms with Gasteiger partial charge in [0.1, 0.15) is 0 Å². The van der Waals surface area contributed by atoms with E-state index in [0.717, 1.165) is 36.8 Å². The first-order valence-electron chi connectivity index (χ1n) is 6.08. The van der Waals surface area contributed by atoms with Crippen molar-refractivity contribution in [2.75, 3.05) is 0 Å². The van der Waals surface area contributed by atoms with Crippen LogP contribution in [-0.4, -0.2) is 12.2 Å². The van der Waals surface area contributed by atoms with E-state index in [-0.39, 0.29) is 0 Å². The topological polar surface area (TPSA) is 58.9 Å². The molecule has 0 aliphatic carbocycles. The van der Waals surface area contributed by atoms with Crippen LogP contribution in [0.4, 0.5) is 11.4 Å². The van der Waals surface area contributed by atoms with Crippen molar-refractivity contribution in [3.8, 4) is 0 Å². The number of nitrogens with zero attached hydrogens (tertiary/aromatic N) is 2. The molecule has 0 amide bonds. The standard InChI is InChI=1S/C14H16N2O2/c1-3-5-11-7-8-13(15-9-17)12(6-4-2)14(11)16-10-18/h7-8H,3-6H2,1-2H3. The van der Waals surface area contributed by atoms with E-state index in [0.29, 0.717) is 11.4 Å². The average molecular weight is 244 g/mol. The van der Waals surface area contributed by atoms with Crippen molar-refractivity contribution >= 4 is 23.5 Å². The predicted octanol–water partition coefficient (Wildman–Crippen LogP) is 3.53. The molecule has 18 heavy (non-hydrogen) atoms. The Morgan fingerprint density at radius 3 is 2.22 bits per heavy atom. The molecule has 1 aromatic rings. The molecular formula is C14H16N2O2. The lowest BCUT2D eigenvalue weighted by molar-refractivity contribution is 0.564. The van der Waals surface area contributed by atoms with Crippen LogP contribution in [0.2, 0.25) is 0 Å². The average Bonchev–Trinajstić information content (AvgIpc) is 2.37. The summed E-state index contributed by atoms with van der Waals surface area (Å²) >= 11 is 0. The molecule has 0 aliphatic rings. The number of aryl methyl sites for hydroxylation is 1. The first-order valence-corrected chi connectivity index (χ1v) is 6.08. The van der Waals surface area contributed by atoms with Gasteiger partial charge in [0.25, 0.3) is 0 Å². The maximum Gasteiger partial charge on any atom is 0.240 e. The highest BCUT2D eigenvalue weighted by atomic mass is 16.1. The van der Waals surface area contributed by atoms with Crippen molar-refractivity contribution in [1.82, 2.24) is 0 Å². The highest BCUT2D eigenvalue weighted by Crippen LogP contribution is 2.34. The minimum Gasteiger partial charge on any atom is -0.211 e. The van der Waals surface area contributed by atoms with Gasteiger partial charge in [-0.05, 0) is 24.5 Å². The lowest BCUT2D eigenvalue weighted by atomic mass is 9.98. The van der Waals surface area contributed by atoms with E-state index in [4.69, 9.17) is 0 Å².